The first-order chi connectivity index (χ1) is 15.8. The van der Waals surface area contributed by atoms with E-state index in [4.69, 9.17) is 46.4 Å². The molecule has 1 saturated carbocycles. The first kappa shape index (κ1) is 26.7. The molecule has 3 rings (SSSR count). The lowest BCUT2D eigenvalue weighted by Crippen LogP contribution is -2.51. The number of hydrogen-bond acceptors (Lipinski definition) is 2. The zero-order valence-corrected chi connectivity index (χ0v) is 22.2. The third-order valence-electron chi connectivity index (χ3n) is 5.81. The van der Waals surface area contributed by atoms with Crippen molar-refractivity contribution in [2.75, 3.05) is 17.2 Å². The van der Waals surface area contributed by atoms with Crippen LogP contribution < -0.4 is 21.3 Å². The Morgan fingerprint density at radius 1 is 0.824 bits per heavy atom. The predicted molar refractivity (Wildman–Crippen MR) is 142 cm³/mol. The highest BCUT2D eigenvalue weighted by Gasteiger charge is 2.41. The summed E-state index contributed by atoms with van der Waals surface area (Å²) in [4.78, 5) is 25.1. The van der Waals surface area contributed by atoms with Gasteiger partial charge in [0.2, 0.25) is 0 Å². The minimum atomic E-state index is -0.329. The molecule has 0 heterocycles. The first-order valence-corrected chi connectivity index (χ1v) is 12.4. The molecule has 2 atom stereocenters. The molecular weight excluding hydrogens is 518 g/mol. The van der Waals surface area contributed by atoms with Gasteiger partial charge in [-0.25, -0.2) is 9.59 Å². The Morgan fingerprint density at radius 3 is 1.88 bits per heavy atom. The van der Waals surface area contributed by atoms with Crippen molar-refractivity contribution in [2.24, 2.45) is 10.8 Å². The van der Waals surface area contributed by atoms with Crippen LogP contribution in [0.5, 0.6) is 0 Å². The molecule has 0 unspecified atom stereocenters. The van der Waals surface area contributed by atoms with E-state index in [2.05, 4.69) is 42.0 Å². The van der Waals surface area contributed by atoms with Gasteiger partial charge < -0.3 is 21.3 Å². The number of rotatable bonds is 5. The second-order valence-electron chi connectivity index (χ2n) is 9.92. The number of benzene rings is 2. The number of carbonyl (C=O) groups excluding carboxylic acids is 2. The summed E-state index contributed by atoms with van der Waals surface area (Å²) in [5.74, 6) is 0. The van der Waals surface area contributed by atoms with Crippen LogP contribution in [0.2, 0.25) is 20.1 Å². The van der Waals surface area contributed by atoms with Gasteiger partial charge in [0.25, 0.3) is 0 Å². The summed E-state index contributed by atoms with van der Waals surface area (Å²) in [6.07, 6.45) is 2.45. The van der Waals surface area contributed by atoms with Gasteiger partial charge in [0.1, 0.15) is 0 Å². The highest BCUT2D eigenvalue weighted by Crippen LogP contribution is 2.45. The molecule has 4 N–H and O–H groups in total. The highest BCUT2D eigenvalue weighted by atomic mass is 35.5. The lowest BCUT2D eigenvalue weighted by Gasteiger charge is -2.46. The standard InChI is InChI=1S/C24H28Cl4N4O2/c1-23(2)10-16(32-22(34)31-15-5-7-18(26)20(28)9-15)11-24(3,12-23)13-29-21(33)30-14-4-6-17(25)19(27)8-14/h4-9,16H,10-13H2,1-3H3,(H2,29,30,33)(H2,31,32,34)/t16-,24+/m1/s1. The Kier molecular flexibility index (Phi) is 8.51. The van der Waals surface area contributed by atoms with Crippen molar-refractivity contribution in [3.05, 3.63) is 56.5 Å². The average Bonchev–Trinajstić information content (AvgIpc) is 2.70. The van der Waals surface area contributed by atoms with E-state index in [9.17, 15) is 9.59 Å². The number of amides is 4. The van der Waals surface area contributed by atoms with Crippen molar-refractivity contribution in [3.63, 3.8) is 0 Å². The van der Waals surface area contributed by atoms with Crippen molar-refractivity contribution >= 4 is 69.8 Å². The lowest BCUT2D eigenvalue weighted by atomic mass is 9.62. The van der Waals surface area contributed by atoms with Gasteiger partial charge in [0.15, 0.2) is 0 Å². The van der Waals surface area contributed by atoms with Crippen molar-refractivity contribution in [1.82, 2.24) is 10.6 Å². The average molecular weight is 546 g/mol. The van der Waals surface area contributed by atoms with Gasteiger partial charge in [0, 0.05) is 24.0 Å². The van der Waals surface area contributed by atoms with Crippen LogP contribution in [-0.4, -0.2) is 24.6 Å². The third kappa shape index (κ3) is 7.57. The number of nitrogens with one attached hydrogen (secondary N) is 4. The number of hydrogen-bond donors (Lipinski definition) is 4. The van der Waals surface area contributed by atoms with E-state index in [1.54, 1.807) is 36.4 Å². The topological polar surface area (TPSA) is 82.3 Å². The third-order valence-corrected chi connectivity index (χ3v) is 7.29. The largest absolute Gasteiger partial charge is 0.337 e. The maximum absolute atomic E-state index is 12.6. The zero-order chi connectivity index (χ0) is 25.1. The van der Waals surface area contributed by atoms with Gasteiger partial charge in [-0.3, -0.25) is 0 Å². The van der Waals surface area contributed by atoms with Crippen LogP contribution in [-0.2, 0) is 0 Å². The number of carbonyl (C=O) groups is 2. The number of anilines is 2. The van der Waals surface area contributed by atoms with Crippen molar-refractivity contribution < 1.29 is 9.59 Å². The predicted octanol–water partition coefficient (Wildman–Crippen LogP) is 7.83. The summed E-state index contributed by atoms with van der Waals surface area (Å²) in [6, 6.07) is 9.15. The Morgan fingerprint density at radius 2 is 1.35 bits per heavy atom. The lowest BCUT2D eigenvalue weighted by molar-refractivity contribution is 0.0761. The van der Waals surface area contributed by atoms with E-state index < -0.39 is 0 Å². The van der Waals surface area contributed by atoms with Crippen LogP contribution in [0.25, 0.3) is 0 Å². The molecular formula is C24H28Cl4N4O2. The summed E-state index contributed by atoms with van der Waals surface area (Å²) in [6.45, 7) is 6.92. The second-order valence-corrected chi connectivity index (χ2v) is 11.5. The van der Waals surface area contributed by atoms with E-state index in [0.29, 0.717) is 38.0 Å². The zero-order valence-electron chi connectivity index (χ0n) is 19.2. The molecule has 10 heteroatoms. The minimum absolute atomic E-state index is 0.0175. The van der Waals surface area contributed by atoms with Gasteiger partial charge in [-0.15, -0.1) is 0 Å². The summed E-state index contributed by atoms with van der Waals surface area (Å²) >= 11 is 23.9. The summed E-state index contributed by atoms with van der Waals surface area (Å²) in [5, 5.41) is 13.2. The van der Waals surface area contributed by atoms with E-state index in [1.165, 1.54) is 0 Å². The molecule has 1 aliphatic rings. The molecule has 0 aliphatic heterocycles. The van der Waals surface area contributed by atoms with E-state index in [0.717, 1.165) is 19.3 Å². The van der Waals surface area contributed by atoms with E-state index in [1.807, 2.05) is 0 Å². The molecule has 0 bridgehead atoms. The molecule has 6 nitrogen and oxygen atoms in total. The van der Waals surface area contributed by atoms with E-state index in [-0.39, 0.29) is 28.9 Å². The fourth-order valence-electron chi connectivity index (χ4n) is 4.84. The Labute approximate surface area is 220 Å². The summed E-state index contributed by atoms with van der Waals surface area (Å²) in [7, 11) is 0. The normalized spacial score (nSPS) is 21.4. The van der Waals surface area contributed by atoms with Gasteiger partial charge in [-0.2, -0.15) is 0 Å². The first-order valence-electron chi connectivity index (χ1n) is 10.9. The van der Waals surface area contributed by atoms with E-state index >= 15 is 0 Å². The summed E-state index contributed by atoms with van der Waals surface area (Å²) < 4.78 is 0. The van der Waals surface area contributed by atoms with Gasteiger partial charge in [0.05, 0.1) is 20.1 Å². The fraction of sp³-hybridized carbons (Fsp3) is 0.417. The molecule has 1 fully saturated rings. The highest BCUT2D eigenvalue weighted by molar-refractivity contribution is 6.42. The Balaban J connectivity index is 1.58. The van der Waals surface area contributed by atoms with Crippen LogP contribution >= 0.6 is 46.4 Å². The maximum atomic E-state index is 12.6. The fourth-order valence-corrected chi connectivity index (χ4v) is 5.44. The molecule has 2 aromatic carbocycles. The quantitative estimate of drug-likeness (QED) is 0.308. The van der Waals surface area contributed by atoms with Crippen LogP contribution in [0.1, 0.15) is 40.0 Å². The Bertz CT molecular complexity index is 1080. The van der Waals surface area contributed by atoms with Gasteiger partial charge in [-0.05, 0) is 66.5 Å². The molecule has 0 saturated heterocycles. The van der Waals surface area contributed by atoms with Crippen molar-refractivity contribution in [3.8, 4) is 0 Å². The van der Waals surface area contributed by atoms with Gasteiger partial charge >= 0.3 is 12.1 Å². The molecule has 2 aromatic rings. The molecule has 0 spiro atoms. The number of halogens is 4. The second kappa shape index (κ2) is 10.8. The molecule has 184 valence electrons. The molecule has 0 aromatic heterocycles. The van der Waals surface area contributed by atoms with Crippen LogP contribution in [0.3, 0.4) is 0 Å². The monoisotopic (exact) mass is 544 g/mol. The van der Waals surface area contributed by atoms with Crippen molar-refractivity contribution in [1.29, 1.82) is 0 Å². The van der Waals surface area contributed by atoms with Gasteiger partial charge in [-0.1, -0.05) is 67.2 Å². The SMILES string of the molecule is CC1(C)C[C@@H](NC(=O)Nc2ccc(Cl)c(Cl)c2)C[C@](C)(CNC(=O)Nc2ccc(Cl)c(Cl)c2)C1. The Hall–Kier alpha value is -1.86. The minimum Gasteiger partial charge on any atom is -0.337 e. The molecule has 1 aliphatic carbocycles. The van der Waals surface area contributed by atoms with Crippen LogP contribution in [0, 0.1) is 10.8 Å². The number of urea groups is 2. The molecule has 4 amide bonds. The smallest absolute Gasteiger partial charge is 0.319 e. The molecule has 34 heavy (non-hydrogen) atoms. The summed E-state index contributed by atoms with van der Waals surface area (Å²) in [5.41, 5.74) is 0.888. The molecule has 0 radical (unpaired) electrons. The van der Waals surface area contributed by atoms with Crippen LogP contribution in [0.4, 0.5) is 21.0 Å². The van der Waals surface area contributed by atoms with Crippen LogP contribution in [0.15, 0.2) is 36.4 Å². The maximum Gasteiger partial charge on any atom is 0.319 e. The van der Waals surface area contributed by atoms with Crippen molar-refractivity contribution in [2.45, 2.75) is 46.1 Å².